The highest BCUT2D eigenvalue weighted by atomic mass is 79.9. The monoisotopic (exact) mass is 324 g/mol. The van der Waals surface area contributed by atoms with E-state index >= 15 is 0 Å². The molecule has 1 fully saturated rings. The third-order valence-corrected chi connectivity index (χ3v) is 5.12. The summed E-state index contributed by atoms with van der Waals surface area (Å²) in [6.45, 7) is 6.27. The lowest BCUT2D eigenvalue weighted by molar-refractivity contribution is 0.237. The van der Waals surface area contributed by atoms with E-state index in [0.717, 1.165) is 25.9 Å². The molecule has 0 N–H and O–H groups in total. The Morgan fingerprint density at radius 1 is 1.42 bits per heavy atom. The first-order chi connectivity index (χ1) is 9.00. The quantitative estimate of drug-likeness (QED) is 0.802. The number of hydrogen-bond donors (Lipinski definition) is 0. The van der Waals surface area contributed by atoms with Gasteiger partial charge in [0.05, 0.1) is 15.7 Å². The van der Waals surface area contributed by atoms with Crippen LogP contribution in [0.3, 0.4) is 0 Å². The van der Waals surface area contributed by atoms with Crippen LogP contribution in [0.2, 0.25) is 0 Å². The molecule has 2 nitrogen and oxygen atoms in total. The van der Waals surface area contributed by atoms with Gasteiger partial charge in [-0.25, -0.2) is 4.39 Å². The van der Waals surface area contributed by atoms with Crippen molar-refractivity contribution in [2.75, 3.05) is 18.0 Å². The normalized spacial score (nSPS) is 18.2. The summed E-state index contributed by atoms with van der Waals surface area (Å²) in [5.41, 5.74) is 1.33. The Morgan fingerprint density at radius 3 is 2.58 bits per heavy atom. The number of halogens is 2. The zero-order valence-corrected chi connectivity index (χ0v) is 12.9. The summed E-state index contributed by atoms with van der Waals surface area (Å²) >= 11 is 3.17. The van der Waals surface area contributed by atoms with E-state index in [4.69, 9.17) is 5.26 Å². The summed E-state index contributed by atoms with van der Waals surface area (Å²) in [7, 11) is 0. The lowest BCUT2D eigenvalue weighted by Crippen LogP contribution is -2.38. The van der Waals surface area contributed by atoms with E-state index in [-0.39, 0.29) is 10.3 Å². The summed E-state index contributed by atoms with van der Waals surface area (Å²) in [6, 6.07) is 5.38. The van der Waals surface area contributed by atoms with Crippen molar-refractivity contribution in [3.05, 3.63) is 28.0 Å². The Balaban J connectivity index is 2.21. The maximum Gasteiger partial charge on any atom is 0.161 e. The molecule has 0 amide bonds. The molecule has 1 aliphatic rings. The maximum atomic E-state index is 14.3. The van der Waals surface area contributed by atoms with Gasteiger partial charge in [0.2, 0.25) is 0 Å². The van der Waals surface area contributed by atoms with Crippen LogP contribution < -0.4 is 4.90 Å². The lowest BCUT2D eigenvalue weighted by Gasteiger charge is -2.40. The van der Waals surface area contributed by atoms with E-state index in [1.807, 2.05) is 6.07 Å². The van der Waals surface area contributed by atoms with Crippen molar-refractivity contribution in [2.45, 2.75) is 33.1 Å². The molecule has 4 heteroatoms. The van der Waals surface area contributed by atoms with Crippen LogP contribution in [0.25, 0.3) is 0 Å². The van der Waals surface area contributed by atoms with E-state index in [1.54, 1.807) is 12.1 Å². The van der Waals surface area contributed by atoms with Crippen LogP contribution in [0.4, 0.5) is 10.1 Å². The van der Waals surface area contributed by atoms with E-state index in [2.05, 4.69) is 34.7 Å². The first kappa shape index (κ1) is 14.3. The maximum absolute atomic E-state index is 14.3. The fraction of sp³-hybridized carbons (Fsp3) is 0.533. The van der Waals surface area contributed by atoms with Crippen molar-refractivity contribution >= 4 is 21.6 Å². The number of nitriles is 1. The largest absolute Gasteiger partial charge is 0.369 e. The van der Waals surface area contributed by atoms with Gasteiger partial charge in [0, 0.05) is 13.1 Å². The first-order valence-electron chi connectivity index (χ1n) is 6.64. The smallest absolute Gasteiger partial charge is 0.161 e. The van der Waals surface area contributed by atoms with E-state index in [1.165, 1.54) is 6.42 Å². The second kappa shape index (κ2) is 5.50. The second-order valence-corrected chi connectivity index (χ2v) is 6.32. The summed E-state index contributed by atoms with van der Waals surface area (Å²) in [5.74, 6) is -0.320. The molecule has 0 aromatic heterocycles. The molecule has 19 heavy (non-hydrogen) atoms. The van der Waals surface area contributed by atoms with Crippen LogP contribution in [-0.4, -0.2) is 13.1 Å². The fourth-order valence-electron chi connectivity index (χ4n) is 2.51. The molecular formula is C15H18BrFN2. The highest BCUT2D eigenvalue weighted by molar-refractivity contribution is 9.10. The number of benzene rings is 1. The van der Waals surface area contributed by atoms with E-state index in [9.17, 15) is 4.39 Å². The number of rotatable bonds is 2. The molecule has 0 spiro atoms. The number of anilines is 1. The molecule has 2 rings (SSSR count). The molecule has 102 valence electrons. The van der Waals surface area contributed by atoms with Gasteiger partial charge in [0.1, 0.15) is 6.07 Å². The molecule has 0 bridgehead atoms. The standard InChI is InChI=1S/C15H18BrFN2/c1-3-15(2)6-8-19(9-7-15)12-5-4-11(10-18)13(16)14(12)17/h4-5H,3,6-9H2,1-2H3. The van der Waals surface area contributed by atoms with Crippen molar-refractivity contribution in [3.8, 4) is 6.07 Å². The Labute approximate surface area is 122 Å². The predicted molar refractivity (Wildman–Crippen MR) is 78.7 cm³/mol. The molecule has 0 radical (unpaired) electrons. The zero-order valence-electron chi connectivity index (χ0n) is 11.3. The predicted octanol–water partition coefficient (Wildman–Crippen LogP) is 4.48. The van der Waals surface area contributed by atoms with Gasteiger partial charge in [-0.15, -0.1) is 0 Å². The zero-order chi connectivity index (χ0) is 14.0. The van der Waals surface area contributed by atoms with Gasteiger partial charge >= 0.3 is 0 Å². The fourth-order valence-corrected chi connectivity index (χ4v) is 2.93. The Kier molecular flexibility index (Phi) is 4.15. The average Bonchev–Trinajstić information content (AvgIpc) is 2.43. The van der Waals surface area contributed by atoms with Crippen LogP contribution in [0.5, 0.6) is 0 Å². The van der Waals surface area contributed by atoms with Crippen molar-refractivity contribution in [3.63, 3.8) is 0 Å². The molecule has 0 atom stereocenters. The van der Waals surface area contributed by atoms with Crippen molar-refractivity contribution in [1.82, 2.24) is 0 Å². The molecule has 0 aliphatic carbocycles. The molecule has 0 unspecified atom stereocenters. The van der Waals surface area contributed by atoms with Crippen molar-refractivity contribution in [2.24, 2.45) is 5.41 Å². The van der Waals surface area contributed by atoms with Gasteiger partial charge in [0.25, 0.3) is 0 Å². The average molecular weight is 325 g/mol. The van der Waals surface area contributed by atoms with Crippen LogP contribution in [0.1, 0.15) is 38.7 Å². The van der Waals surface area contributed by atoms with Gasteiger partial charge in [-0.3, -0.25) is 0 Å². The summed E-state index contributed by atoms with van der Waals surface area (Å²) in [5, 5.41) is 8.88. The first-order valence-corrected chi connectivity index (χ1v) is 7.43. The highest BCUT2D eigenvalue weighted by Crippen LogP contribution is 2.37. The lowest BCUT2D eigenvalue weighted by atomic mass is 9.78. The Bertz CT molecular complexity index is 514. The van der Waals surface area contributed by atoms with Gasteiger partial charge in [-0.1, -0.05) is 20.3 Å². The minimum absolute atomic E-state index is 0.274. The molecule has 1 aromatic carbocycles. The Hall–Kier alpha value is -1.08. The molecule has 1 aliphatic heterocycles. The van der Waals surface area contributed by atoms with Gasteiger partial charge in [0.15, 0.2) is 5.82 Å². The minimum Gasteiger partial charge on any atom is -0.369 e. The van der Waals surface area contributed by atoms with Gasteiger partial charge in [-0.2, -0.15) is 5.26 Å². The van der Waals surface area contributed by atoms with Crippen LogP contribution in [0.15, 0.2) is 16.6 Å². The van der Waals surface area contributed by atoms with Crippen LogP contribution in [-0.2, 0) is 0 Å². The van der Waals surface area contributed by atoms with Crippen LogP contribution in [0, 0.1) is 22.6 Å². The Morgan fingerprint density at radius 2 is 2.05 bits per heavy atom. The molecular weight excluding hydrogens is 307 g/mol. The van der Waals surface area contributed by atoms with Crippen molar-refractivity contribution in [1.29, 1.82) is 5.26 Å². The second-order valence-electron chi connectivity index (χ2n) is 5.52. The topological polar surface area (TPSA) is 27.0 Å². The van der Waals surface area contributed by atoms with Gasteiger partial charge in [-0.05, 0) is 46.3 Å². The summed E-state index contributed by atoms with van der Waals surface area (Å²) in [4.78, 5) is 2.08. The SMILES string of the molecule is CCC1(C)CCN(c2ccc(C#N)c(Br)c2F)CC1. The van der Waals surface area contributed by atoms with Crippen molar-refractivity contribution < 1.29 is 4.39 Å². The minimum atomic E-state index is -0.320. The highest BCUT2D eigenvalue weighted by Gasteiger charge is 2.29. The molecule has 1 saturated heterocycles. The number of hydrogen-bond acceptors (Lipinski definition) is 2. The third-order valence-electron chi connectivity index (χ3n) is 4.35. The van der Waals surface area contributed by atoms with E-state index in [0.29, 0.717) is 16.7 Å². The van der Waals surface area contributed by atoms with Gasteiger partial charge < -0.3 is 4.90 Å². The molecule has 1 aromatic rings. The summed E-state index contributed by atoms with van der Waals surface area (Å²) in [6.07, 6.45) is 3.33. The summed E-state index contributed by atoms with van der Waals surface area (Å²) < 4.78 is 14.5. The van der Waals surface area contributed by atoms with Crippen LogP contribution >= 0.6 is 15.9 Å². The number of piperidine rings is 1. The van der Waals surface area contributed by atoms with E-state index < -0.39 is 0 Å². The number of nitrogens with zero attached hydrogens (tertiary/aromatic N) is 2. The third kappa shape index (κ3) is 2.76. The molecule has 0 saturated carbocycles. The molecule has 1 heterocycles.